The molecule has 0 N–H and O–H groups in total. The number of carbonyl (C=O) groups excluding carboxylic acids is 2. The molecular weight excluding hydrogens is 454 g/mol. The molecule has 0 atom stereocenters. The van der Waals surface area contributed by atoms with E-state index in [2.05, 4.69) is 28.9 Å². The first kappa shape index (κ1) is 20.9. The Morgan fingerprint density at radius 3 is 2.39 bits per heavy atom. The van der Waals surface area contributed by atoms with Crippen molar-refractivity contribution >= 4 is 38.6 Å². The normalized spacial score (nSPS) is 10.8. The molecule has 0 fully saturated rings. The molecule has 4 nitrogen and oxygen atoms in total. The van der Waals surface area contributed by atoms with E-state index >= 15 is 0 Å². The molecule has 0 amide bonds. The van der Waals surface area contributed by atoms with E-state index in [0.717, 1.165) is 15.6 Å². The van der Waals surface area contributed by atoms with Crippen molar-refractivity contribution in [1.82, 2.24) is 4.98 Å². The number of hydrogen-bond donors (Lipinski definition) is 0. The van der Waals surface area contributed by atoms with E-state index in [-0.39, 0.29) is 12.4 Å². The maximum atomic E-state index is 12.9. The number of rotatable bonds is 5. The summed E-state index contributed by atoms with van der Waals surface area (Å²) >= 11 is 3.34. The smallest absolute Gasteiger partial charge is 0.339 e. The number of ether oxygens (including phenoxy) is 1. The zero-order valence-corrected chi connectivity index (χ0v) is 18.8. The Kier molecular flexibility index (Phi) is 5.96. The average molecular weight is 474 g/mol. The first-order valence-electron chi connectivity index (χ1n) is 9.85. The van der Waals surface area contributed by atoms with Gasteiger partial charge in [-0.15, -0.1) is 0 Å². The molecule has 1 aromatic heterocycles. The number of Topliss-reactive ketones (excluding diaryl/α,β-unsaturated/α-hetero) is 1. The van der Waals surface area contributed by atoms with Crippen LogP contribution in [0.3, 0.4) is 0 Å². The van der Waals surface area contributed by atoms with Gasteiger partial charge in [-0.1, -0.05) is 58.4 Å². The monoisotopic (exact) mass is 473 g/mol. The standard InChI is InChI=1S/C26H20BrNO3/c1-16-7-8-19(13-17(16)2)24-14-22(21-5-3-4-6-23(21)28-24)26(30)31-15-25(29)18-9-11-20(27)12-10-18/h3-14H,15H2,1-2H3. The number of pyridine rings is 1. The highest BCUT2D eigenvalue weighted by atomic mass is 79.9. The predicted octanol–water partition coefficient (Wildman–Crippen LogP) is 6.32. The summed E-state index contributed by atoms with van der Waals surface area (Å²) in [7, 11) is 0. The van der Waals surface area contributed by atoms with Gasteiger partial charge in [0.1, 0.15) is 0 Å². The van der Waals surface area contributed by atoms with Gasteiger partial charge in [0.25, 0.3) is 0 Å². The lowest BCUT2D eigenvalue weighted by molar-refractivity contribution is 0.0476. The van der Waals surface area contributed by atoms with Crippen LogP contribution in [-0.2, 0) is 4.74 Å². The second-order valence-corrected chi connectivity index (χ2v) is 8.29. The molecule has 1 heterocycles. The van der Waals surface area contributed by atoms with Crippen molar-refractivity contribution in [3.05, 3.63) is 99.5 Å². The van der Waals surface area contributed by atoms with Crippen molar-refractivity contribution < 1.29 is 14.3 Å². The van der Waals surface area contributed by atoms with Gasteiger partial charge < -0.3 is 4.74 Å². The number of esters is 1. The summed E-state index contributed by atoms with van der Waals surface area (Å²) in [6.45, 7) is 3.77. The van der Waals surface area contributed by atoms with Gasteiger partial charge in [-0.2, -0.15) is 0 Å². The number of aromatic nitrogens is 1. The molecule has 4 rings (SSSR count). The average Bonchev–Trinajstić information content (AvgIpc) is 2.78. The summed E-state index contributed by atoms with van der Waals surface area (Å²) in [5.74, 6) is -0.803. The van der Waals surface area contributed by atoms with Crippen LogP contribution >= 0.6 is 15.9 Å². The van der Waals surface area contributed by atoms with E-state index in [9.17, 15) is 9.59 Å². The number of fused-ring (bicyclic) bond motifs is 1. The fraction of sp³-hybridized carbons (Fsp3) is 0.115. The third kappa shape index (κ3) is 4.57. The Labute approximate surface area is 189 Å². The zero-order chi connectivity index (χ0) is 22.0. The number of nitrogens with zero attached hydrogens (tertiary/aromatic N) is 1. The minimum Gasteiger partial charge on any atom is -0.454 e. The van der Waals surface area contributed by atoms with Crippen molar-refractivity contribution in [3.8, 4) is 11.3 Å². The fourth-order valence-electron chi connectivity index (χ4n) is 3.32. The molecule has 4 aromatic rings. The highest BCUT2D eigenvalue weighted by Gasteiger charge is 2.17. The molecule has 5 heteroatoms. The first-order chi connectivity index (χ1) is 14.9. The Balaban J connectivity index is 1.65. The topological polar surface area (TPSA) is 56.3 Å². The van der Waals surface area contributed by atoms with Gasteiger partial charge >= 0.3 is 5.97 Å². The molecule has 0 saturated heterocycles. The second kappa shape index (κ2) is 8.82. The minimum absolute atomic E-state index is 0.256. The highest BCUT2D eigenvalue weighted by Crippen LogP contribution is 2.27. The molecule has 0 aliphatic heterocycles. The van der Waals surface area contributed by atoms with Crippen molar-refractivity contribution in [1.29, 1.82) is 0 Å². The fourth-order valence-corrected chi connectivity index (χ4v) is 3.59. The van der Waals surface area contributed by atoms with E-state index in [1.165, 1.54) is 5.56 Å². The van der Waals surface area contributed by atoms with Gasteiger partial charge in [-0.3, -0.25) is 4.79 Å². The SMILES string of the molecule is Cc1ccc(-c2cc(C(=O)OCC(=O)c3ccc(Br)cc3)c3ccccc3n2)cc1C. The molecule has 154 valence electrons. The zero-order valence-electron chi connectivity index (χ0n) is 17.2. The third-order valence-corrected chi connectivity index (χ3v) is 5.77. The van der Waals surface area contributed by atoms with Crippen molar-refractivity contribution in [2.45, 2.75) is 13.8 Å². The van der Waals surface area contributed by atoms with Gasteiger partial charge in [-0.25, -0.2) is 9.78 Å². The van der Waals surface area contributed by atoms with E-state index in [1.807, 2.05) is 43.3 Å². The van der Waals surface area contributed by atoms with E-state index in [1.54, 1.807) is 30.3 Å². The van der Waals surface area contributed by atoms with Crippen LogP contribution in [0.25, 0.3) is 22.2 Å². The predicted molar refractivity (Wildman–Crippen MR) is 125 cm³/mol. The largest absolute Gasteiger partial charge is 0.454 e. The summed E-state index contributed by atoms with van der Waals surface area (Å²) in [6, 6.07) is 22.2. The molecule has 0 radical (unpaired) electrons. The third-order valence-electron chi connectivity index (χ3n) is 5.24. The van der Waals surface area contributed by atoms with Crippen LogP contribution in [0.15, 0.2) is 77.3 Å². The molecule has 0 aliphatic rings. The lowest BCUT2D eigenvalue weighted by Gasteiger charge is -2.11. The number of ketones is 1. The number of halogens is 1. The summed E-state index contributed by atoms with van der Waals surface area (Å²) < 4.78 is 6.27. The molecule has 31 heavy (non-hydrogen) atoms. The number of aryl methyl sites for hydroxylation is 2. The number of hydrogen-bond acceptors (Lipinski definition) is 4. The Bertz CT molecular complexity index is 1300. The molecule has 0 spiro atoms. The van der Waals surface area contributed by atoms with Crippen LogP contribution in [0.1, 0.15) is 31.8 Å². The summed E-state index contributed by atoms with van der Waals surface area (Å²) in [4.78, 5) is 30.1. The van der Waals surface area contributed by atoms with Crippen LogP contribution in [-0.4, -0.2) is 23.3 Å². The van der Waals surface area contributed by atoms with Crippen LogP contribution in [0.2, 0.25) is 0 Å². The van der Waals surface area contributed by atoms with Crippen LogP contribution in [0.4, 0.5) is 0 Å². The van der Waals surface area contributed by atoms with E-state index in [0.29, 0.717) is 27.7 Å². The summed E-state index contributed by atoms with van der Waals surface area (Å²) in [5, 5.41) is 0.691. The first-order valence-corrected chi connectivity index (χ1v) is 10.6. The summed E-state index contributed by atoms with van der Waals surface area (Å²) in [6.07, 6.45) is 0. The summed E-state index contributed by atoms with van der Waals surface area (Å²) in [5.41, 5.74) is 5.53. The minimum atomic E-state index is -0.547. The van der Waals surface area contributed by atoms with Crippen molar-refractivity contribution in [2.75, 3.05) is 6.61 Å². The van der Waals surface area contributed by atoms with Crippen molar-refractivity contribution in [2.24, 2.45) is 0 Å². The molecule has 0 unspecified atom stereocenters. The Morgan fingerprint density at radius 2 is 1.65 bits per heavy atom. The lowest BCUT2D eigenvalue weighted by Crippen LogP contribution is -2.15. The molecule has 3 aromatic carbocycles. The lowest BCUT2D eigenvalue weighted by atomic mass is 10.0. The molecule has 0 aliphatic carbocycles. The van der Waals surface area contributed by atoms with E-state index in [4.69, 9.17) is 9.72 Å². The maximum Gasteiger partial charge on any atom is 0.339 e. The molecule has 0 saturated carbocycles. The van der Waals surface area contributed by atoms with Gasteiger partial charge in [0.15, 0.2) is 12.4 Å². The number of carbonyl (C=O) groups is 2. The maximum absolute atomic E-state index is 12.9. The second-order valence-electron chi connectivity index (χ2n) is 7.38. The Hall–Kier alpha value is -3.31. The van der Waals surface area contributed by atoms with Gasteiger partial charge in [-0.05, 0) is 55.3 Å². The quantitative estimate of drug-likeness (QED) is 0.251. The number of benzene rings is 3. The van der Waals surface area contributed by atoms with Crippen LogP contribution in [0, 0.1) is 13.8 Å². The van der Waals surface area contributed by atoms with Crippen LogP contribution < -0.4 is 0 Å². The van der Waals surface area contributed by atoms with Crippen molar-refractivity contribution in [3.63, 3.8) is 0 Å². The number of para-hydroxylation sites is 1. The van der Waals surface area contributed by atoms with Gasteiger partial charge in [0.05, 0.1) is 16.8 Å². The highest BCUT2D eigenvalue weighted by molar-refractivity contribution is 9.10. The van der Waals surface area contributed by atoms with Crippen LogP contribution in [0.5, 0.6) is 0 Å². The molecule has 0 bridgehead atoms. The Morgan fingerprint density at radius 1 is 0.903 bits per heavy atom. The van der Waals surface area contributed by atoms with E-state index < -0.39 is 5.97 Å². The van der Waals surface area contributed by atoms with Gasteiger partial charge in [0, 0.05) is 21.0 Å². The molecular formula is C26H20BrNO3. The van der Waals surface area contributed by atoms with Gasteiger partial charge in [0.2, 0.25) is 0 Å².